The van der Waals surface area contributed by atoms with Crippen LogP contribution in [-0.4, -0.2) is 52.4 Å². The summed E-state index contributed by atoms with van der Waals surface area (Å²) in [7, 11) is 1.67. The number of anilines is 1. The van der Waals surface area contributed by atoms with Crippen molar-refractivity contribution < 1.29 is 9.53 Å². The highest BCUT2D eigenvalue weighted by molar-refractivity contribution is 7.15. The number of carbonyl (C=O) groups is 1. The second-order valence-electron chi connectivity index (χ2n) is 8.13. The maximum absolute atomic E-state index is 12.8. The lowest BCUT2D eigenvalue weighted by Gasteiger charge is -2.34. The van der Waals surface area contributed by atoms with Crippen molar-refractivity contribution in [1.82, 2.24) is 19.8 Å². The van der Waals surface area contributed by atoms with Crippen molar-refractivity contribution in [3.05, 3.63) is 71.4 Å². The normalized spacial score (nSPS) is 14.7. The zero-order valence-electron chi connectivity index (χ0n) is 18.4. The molecule has 1 fully saturated rings. The van der Waals surface area contributed by atoms with Crippen LogP contribution >= 0.6 is 11.3 Å². The Balaban J connectivity index is 1.19. The van der Waals surface area contributed by atoms with Gasteiger partial charge in [0.2, 0.25) is 5.91 Å². The third-order valence-corrected chi connectivity index (χ3v) is 7.04. The van der Waals surface area contributed by atoms with Crippen LogP contribution in [0.25, 0.3) is 21.3 Å². The number of carbonyl (C=O) groups excluding carboxylic acids is 1. The Kier molecular flexibility index (Phi) is 5.93. The summed E-state index contributed by atoms with van der Waals surface area (Å²) in [6.07, 6.45) is 1.47. The van der Waals surface area contributed by atoms with E-state index in [1.54, 1.807) is 18.4 Å². The number of nitrogens with zero attached hydrogens (tertiary/aromatic N) is 4. The van der Waals surface area contributed by atoms with E-state index in [9.17, 15) is 4.79 Å². The van der Waals surface area contributed by atoms with Crippen molar-refractivity contribution in [2.45, 2.75) is 13.1 Å². The molecule has 2 N–H and O–H groups in total. The Morgan fingerprint density at radius 3 is 2.67 bits per heavy atom. The second-order valence-corrected chi connectivity index (χ2v) is 9.30. The van der Waals surface area contributed by atoms with Crippen molar-refractivity contribution in [3.63, 3.8) is 0 Å². The Morgan fingerprint density at radius 1 is 1.03 bits per heavy atom. The van der Waals surface area contributed by atoms with Crippen molar-refractivity contribution in [1.29, 1.82) is 0 Å². The first-order valence-corrected chi connectivity index (χ1v) is 11.6. The van der Waals surface area contributed by atoms with Gasteiger partial charge in [0.05, 0.1) is 19.2 Å². The van der Waals surface area contributed by atoms with E-state index in [-0.39, 0.29) is 5.91 Å². The Hall–Kier alpha value is -3.49. The lowest BCUT2D eigenvalue weighted by molar-refractivity contribution is -0.136. The lowest BCUT2D eigenvalue weighted by Crippen LogP contribution is -2.49. The van der Waals surface area contributed by atoms with E-state index in [0.29, 0.717) is 25.5 Å². The molecule has 2 aromatic carbocycles. The third kappa shape index (κ3) is 4.67. The molecule has 1 aliphatic rings. The summed E-state index contributed by atoms with van der Waals surface area (Å²) in [5.74, 6) is 1.48. The molecule has 4 aromatic rings. The van der Waals surface area contributed by atoms with Gasteiger partial charge in [-0.1, -0.05) is 6.07 Å². The molecule has 1 aliphatic heterocycles. The van der Waals surface area contributed by atoms with Crippen molar-refractivity contribution in [3.8, 4) is 16.2 Å². The Bertz CT molecular complexity index is 1290. The molecule has 168 valence electrons. The van der Waals surface area contributed by atoms with Gasteiger partial charge in [-0.2, -0.15) is 0 Å². The lowest BCUT2D eigenvalue weighted by atomic mass is 10.1. The number of nitrogens with two attached hydrogens (primary N) is 1. The number of hydrogen-bond acceptors (Lipinski definition) is 7. The molecule has 1 saturated heterocycles. The maximum atomic E-state index is 12.8. The zero-order valence-corrected chi connectivity index (χ0v) is 19.2. The van der Waals surface area contributed by atoms with E-state index in [1.165, 1.54) is 21.6 Å². The predicted molar refractivity (Wildman–Crippen MR) is 131 cm³/mol. The van der Waals surface area contributed by atoms with Crippen LogP contribution in [0, 0.1) is 0 Å². The maximum Gasteiger partial charge on any atom is 0.237 e. The van der Waals surface area contributed by atoms with Crippen LogP contribution in [0.5, 0.6) is 5.75 Å². The van der Waals surface area contributed by atoms with Crippen LogP contribution in [0.4, 0.5) is 5.82 Å². The minimum atomic E-state index is 0.149. The van der Waals surface area contributed by atoms with Crippen LogP contribution in [-0.2, 0) is 17.9 Å². The smallest absolute Gasteiger partial charge is 0.237 e. The van der Waals surface area contributed by atoms with Crippen molar-refractivity contribution >= 4 is 34.0 Å². The number of fused-ring (bicyclic) bond motifs is 1. The number of thiophene rings is 1. The highest BCUT2D eigenvalue weighted by Gasteiger charge is 2.24. The molecule has 8 heteroatoms. The number of hydrogen-bond donors (Lipinski definition) is 1. The van der Waals surface area contributed by atoms with E-state index in [0.717, 1.165) is 35.3 Å². The molecular formula is C25H25N5O2S. The molecule has 3 heterocycles. The molecule has 0 aliphatic carbocycles. The Morgan fingerprint density at radius 2 is 1.88 bits per heavy atom. The highest BCUT2D eigenvalue weighted by Crippen LogP contribution is 2.30. The standard InChI is InChI=1S/C25H25N5O2S/c1-32-19-5-3-18(4-6-19)23-9-7-20(33-23)14-29-10-11-30(24(31)15-29)13-17-2-8-21-22(12-17)27-16-28-25(21)26/h2-9,12,16H,10-11,13-15H2,1H3,(H2,26,27,28). The van der Waals surface area contributed by atoms with Gasteiger partial charge in [0.15, 0.2) is 0 Å². The monoisotopic (exact) mass is 459 g/mol. The number of nitrogen functional groups attached to an aromatic ring is 1. The molecule has 0 atom stereocenters. The van der Waals surface area contributed by atoms with Gasteiger partial charge in [-0.3, -0.25) is 9.69 Å². The van der Waals surface area contributed by atoms with Gasteiger partial charge >= 0.3 is 0 Å². The molecule has 7 nitrogen and oxygen atoms in total. The number of benzene rings is 2. The first-order valence-electron chi connectivity index (χ1n) is 10.8. The third-order valence-electron chi connectivity index (χ3n) is 5.92. The van der Waals surface area contributed by atoms with E-state index in [2.05, 4.69) is 39.1 Å². The molecule has 33 heavy (non-hydrogen) atoms. The van der Waals surface area contributed by atoms with Gasteiger partial charge in [-0.05, 0) is 59.7 Å². The van der Waals surface area contributed by atoms with Gasteiger partial charge < -0.3 is 15.4 Å². The first kappa shape index (κ1) is 21.4. The zero-order chi connectivity index (χ0) is 22.8. The number of ether oxygens (including phenoxy) is 1. The van der Waals surface area contributed by atoms with E-state index in [4.69, 9.17) is 10.5 Å². The summed E-state index contributed by atoms with van der Waals surface area (Å²) < 4.78 is 5.24. The molecule has 0 unspecified atom stereocenters. The van der Waals surface area contributed by atoms with Crippen molar-refractivity contribution in [2.75, 3.05) is 32.5 Å². The first-order chi connectivity index (χ1) is 16.1. The summed E-state index contributed by atoms with van der Waals surface area (Å²) in [6, 6.07) is 18.3. The number of methoxy groups -OCH3 is 1. The predicted octanol–water partition coefficient (Wildman–Crippen LogP) is 3.79. The average molecular weight is 460 g/mol. The number of amides is 1. The van der Waals surface area contributed by atoms with Gasteiger partial charge in [0, 0.05) is 41.3 Å². The summed E-state index contributed by atoms with van der Waals surface area (Å²) >= 11 is 1.77. The molecular weight excluding hydrogens is 434 g/mol. The average Bonchev–Trinajstić information content (AvgIpc) is 3.29. The van der Waals surface area contributed by atoms with Crippen molar-refractivity contribution in [2.24, 2.45) is 0 Å². The summed E-state index contributed by atoms with van der Waals surface area (Å²) in [6.45, 7) is 3.35. The molecule has 0 radical (unpaired) electrons. The molecule has 0 bridgehead atoms. The van der Waals surface area contributed by atoms with Crippen LogP contribution in [0.2, 0.25) is 0 Å². The molecule has 0 saturated carbocycles. The molecule has 5 rings (SSSR count). The van der Waals surface area contributed by atoms with Crippen LogP contribution in [0.3, 0.4) is 0 Å². The second kappa shape index (κ2) is 9.17. The molecule has 0 spiro atoms. The van der Waals surface area contributed by atoms with Gasteiger partial charge in [0.1, 0.15) is 17.9 Å². The van der Waals surface area contributed by atoms with Gasteiger partial charge in [0.25, 0.3) is 0 Å². The largest absolute Gasteiger partial charge is 0.497 e. The minimum absolute atomic E-state index is 0.149. The minimum Gasteiger partial charge on any atom is -0.497 e. The summed E-state index contributed by atoms with van der Waals surface area (Å²) in [5.41, 5.74) is 8.94. The topological polar surface area (TPSA) is 84.6 Å². The van der Waals surface area contributed by atoms with Gasteiger partial charge in [-0.15, -0.1) is 11.3 Å². The van der Waals surface area contributed by atoms with E-state index in [1.807, 2.05) is 35.2 Å². The number of aromatic nitrogens is 2. The summed E-state index contributed by atoms with van der Waals surface area (Å²) in [5, 5.41) is 0.836. The van der Waals surface area contributed by atoms with Gasteiger partial charge in [-0.25, -0.2) is 9.97 Å². The molecule has 2 aromatic heterocycles. The summed E-state index contributed by atoms with van der Waals surface area (Å²) in [4.78, 5) is 27.8. The number of piperazine rings is 1. The van der Waals surface area contributed by atoms with Crippen LogP contribution in [0.15, 0.2) is 60.9 Å². The number of rotatable bonds is 6. The quantitative estimate of drug-likeness (QED) is 0.472. The fourth-order valence-electron chi connectivity index (χ4n) is 4.10. The molecule has 1 amide bonds. The fourth-order valence-corrected chi connectivity index (χ4v) is 5.15. The van der Waals surface area contributed by atoms with E-state index < -0.39 is 0 Å². The Labute approximate surface area is 196 Å². The SMILES string of the molecule is COc1ccc(-c2ccc(CN3CCN(Cc4ccc5c(N)ncnc5c4)C(=O)C3)s2)cc1. The van der Waals surface area contributed by atoms with Crippen LogP contribution in [0.1, 0.15) is 10.4 Å². The fraction of sp³-hybridized carbons (Fsp3) is 0.240. The van der Waals surface area contributed by atoms with E-state index >= 15 is 0 Å². The highest BCUT2D eigenvalue weighted by atomic mass is 32.1. The van der Waals surface area contributed by atoms with Crippen LogP contribution < -0.4 is 10.5 Å².